The molecular formula is C23H22N8O2. The molecule has 0 radical (unpaired) electrons. The lowest BCUT2D eigenvalue weighted by Crippen LogP contribution is -2.12. The topological polar surface area (TPSA) is 125 Å². The van der Waals surface area contributed by atoms with Crippen LogP contribution in [0, 0.1) is 11.3 Å². The van der Waals surface area contributed by atoms with E-state index >= 15 is 0 Å². The van der Waals surface area contributed by atoms with Gasteiger partial charge >= 0.3 is 0 Å². The van der Waals surface area contributed by atoms with Crippen LogP contribution >= 0.6 is 0 Å². The number of aliphatic imine (C=N–C) groups is 1. The fourth-order valence-electron chi connectivity index (χ4n) is 3.25. The van der Waals surface area contributed by atoms with E-state index in [-0.39, 0.29) is 12.3 Å². The number of para-hydroxylation sites is 2. The largest absolute Gasteiger partial charge is 0.369 e. The average Bonchev–Trinajstić information content (AvgIpc) is 3.42. The number of hydrogen-bond acceptors (Lipinski definition) is 8. The number of hydrogen-bond donors (Lipinski definition) is 1. The molecule has 2 heterocycles. The Hall–Kier alpha value is -4.52. The van der Waals surface area contributed by atoms with Crippen LogP contribution in [0.2, 0.25) is 0 Å². The summed E-state index contributed by atoms with van der Waals surface area (Å²) in [6.45, 7) is 0.445. The van der Waals surface area contributed by atoms with E-state index in [4.69, 9.17) is 9.89 Å². The molecule has 1 N–H and O–H groups in total. The molecule has 0 aliphatic heterocycles. The summed E-state index contributed by atoms with van der Waals surface area (Å²) in [5, 5.41) is 19.7. The minimum Gasteiger partial charge on any atom is -0.369 e. The highest BCUT2D eigenvalue weighted by Gasteiger charge is 2.22. The predicted octanol–water partition coefficient (Wildman–Crippen LogP) is 3.52. The van der Waals surface area contributed by atoms with Gasteiger partial charge in [0.15, 0.2) is 17.3 Å². The highest BCUT2D eigenvalue weighted by Crippen LogP contribution is 2.28. The molecule has 0 saturated heterocycles. The van der Waals surface area contributed by atoms with Crippen LogP contribution in [0.15, 0.2) is 58.2 Å². The molecular weight excluding hydrogens is 420 g/mol. The van der Waals surface area contributed by atoms with Crippen molar-refractivity contribution in [2.45, 2.75) is 13.0 Å². The van der Waals surface area contributed by atoms with Crippen molar-refractivity contribution >= 4 is 34.7 Å². The van der Waals surface area contributed by atoms with E-state index in [0.29, 0.717) is 35.9 Å². The second kappa shape index (κ2) is 9.74. The molecule has 0 spiro atoms. The quantitative estimate of drug-likeness (QED) is 0.181. The fourth-order valence-corrected chi connectivity index (χ4v) is 3.25. The number of rotatable bonds is 9. The molecule has 0 saturated carbocycles. The number of aromatic nitrogens is 4. The molecule has 0 aliphatic carbocycles. The van der Waals surface area contributed by atoms with Crippen molar-refractivity contribution in [3.63, 3.8) is 0 Å². The van der Waals surface area contributed by atoms with E-state index in [1.165, 1.54) is 0 Å². The van der Waals surface area contributed by atoms with Crippen LogP contribution in [-0.2, 0) is 6.54 Å². The first-order valence-corrected chi connectivity index (χ1v) is 10.3. The van der Waals surface area contributed by atoms with Gasteiger partial charge in [0.1, 0.15) is 0 Å². The molecule has 0 bridgehead atoms. The Morgan fingerprint density at radius 2 is 2.00 bits per heavy atom. The summed E-state index contributed by atoms with van der Waals surface area (Å²) in [5.74, 6) is 0.743. The zero-order valence-electron chi connectivity index (χ0n) is 18.3. The second-order valence-electron chi connectivity index (χ2n) is 7.48. The van der Waals surface area contributed by atoms with Gasteiger partial charge in [0.25, 0.3) is 0 Å². The maximum Gasteiger partial charge on any atom is 0.202 e. The van der Waals surface area contributed by atoms with E-state index < -0.39 is 0 Å². The number of nitrogens with zero attached hydrogens (tertiary/aromatic N) is 7. The fraction of sp³-hybridized carbons (Fsp3) is 0.217. The number of anilines is 1. The van der Waals surface area contributed by atoms with Gasteiger partial charge in [-0.1, -0.05) is 12.1 Å². The first-order chi connectivity index (χ1) is 16.1. The summed E-state index contributed by atoms with van der Waals surface area (Å²) in [7, 11) is 3.78. The molecule has 166 valence electrons. The van der Waals surface area contributed by atoms with Crippen LogP contribution < -0.4 is 5.32 Å². The number of fused-ring (bicyclic) bond motifs is 1. The molecule has 4 rings (SSSR count). The summed E-state index contributed by atoms with van der Waals surface area (Å²) in [6, 6.07) is 16.7. The van der Waals surface area contributed by atoms with Gasteiger partial charge in [0.2, 0.25) is 5.82 Å². The minimum absolute atomic E-state index is 0.0562. The number of Topliss-reactive ketones (excluding diaryl/α,β-unsaturated/α-hetero) is 1. The summed E-state index contributed by atoms with van der Waals surface area (Å²) >= 11 is 0. The van der Waals surface area contributed by atoms with Gasteiger partial charge in [-0.25, -0.2) is 14.6 Å². The van der Waals surface area contributed by atoms with E-state index in [1.54, 1.807) is 35.2 Å². The SMILES string of the molecule is CN(C)C=Nc1ccc(C(=O)Cn2c(-c3nonc3NCCC#N)nc3ccccc32)cc1. The lowest BCUT2D eigenvalue weighted by molar-refractivity contribution is 0.0974. The van der Waals surface area contributed by atoms with Crippen molar-refractivity contribution in [3.05, 3.63) is 54.1 Å². The van der Waals surface area contributed by atoms with Gasteiger partial charge in [0.05, 0.1) is 42.1 Å². The molecule has 0 amide bonds. The third-order valence-corrected chi connectivity index (χ3v) is 4.81. The lowest BCUT2D eigenvalue weighted by atomic mass is 10.1. The van der Waals surface area contributed by atoms with E-state index in [2.05, 4.69) is 31.7 Å². The first-order valence-electron chi connectivity index (χ1n) is 10.3. The molecule has 33 heavy (non-hydrogen) atoms. The number of carbonyl (C=O) groups excluding carboxylic acids is 1. The monoisotopic (exact) mass is 442 g/mol. The molecule has 0 fully saturated rings. The maximum absolute atomic E-state index is 13.1. The Balaban J connectivity index is 1.65. The number of nitriles is 1. The van der Waals surface area contributed by atoms with E-state index in [0.717, 1.165) is 16.7 Å². The number of nitrogens with one attached hydrogen (secondary N) is 1. The Morgan fingerprint density at radius 3 is 2.76 bits per heavy atom. The van der Waals surface area contributed by atoms with E-state index in [1.807, 2.05) is 43.3 Å². The van der Waals surface area contributed by atoms with Crippen LogP contribution in [0.5, 0.6) is 0 Å². The van der Waals surface area contributed by atoms with Crippen molar-refractivity contribution in [2.24, 2.45) is 4.99 Å². The molecule has 0 aliphatic rings. The third-order valence-electron chi connectivity index (χ3n) is 4.81. The Labute approximate surface area is 190 Å². The molecule has 2 aromatic carbocycles. The lowest BCUT2D eigenvalue weighted by Gasteiger charge is -2.09. The highest BCUT2D eigenvalue weighted by atomic mass is 16.6. The highest BCUT2D eigenvalue weighted by molar-refractivity contribution is 5.97. The summed E-state index contributed by atoms with van der Waals surface area (Å²) in [4.78, 5) is 24.0. The third kappa shape index (κ3) is 4.88. The Kier molecular flexibility index (Phi) is 6.40. The van der Waals surface area contributed by atoms with Crippen molar-refractivity contribution in [1.29, 1.82) is 5.26 Å². The molecule has 0 atom stereocenters. The molecule has 10 nitrogen and oxygen atoms in total. The molecule has 2 aromatic heterocycles. The summed E-state index contributed by atoms with van der Waals surface area (Å²) in [5.41, 5.74) is 3.22. The van der Waals surface area contributed by atoms with Crippen LogP contribution in [0.25, 0.3) is 22.6 Å². The predicted molar refractivity (Wildman–Crippen MR) is 124 cm³/mol. The summed E-state index contributed by atoms with van der Waals surface area (Å²) in [6.07, 6.45) is 2.00. The zero-order chi connectivity index (χ0) is 23.2. The van der Waals surface area contributed by atoms with Crippen molar-refractivity contribution in [1.82, 2.24) is 24.8 Å². The van der Waals surface area contributed by atoms with Gasteiger partial charge in [-0.2, -0.15) is 5.26 Å². The molecule has 0 unspecified atom stereocenters. The first kappa shape index (κ1) is 21.7. The molecule has 4 aromatic rings. The summed E-state index contributed by atoms with van der Waals surface area (Å²) < 4.78 is 6.72. The van der Waals surface area contributed by atoms with Crippen molar-refractivity contribution in [3.8, 4) is 17.6 Å². The van der Waals surface area contributed by atoms with Crippen molar-refractivity contribution in [2.75, 3.05) is 26.0 Å². The Morgan fingerprint density at radius 1 is 1.21 bits per heavy atom. The number of carbonyl (C=O) groups is 1. The smallest absolute Gasteiger partial charge is 0.202 e. The van der Waals surface area contributed by atoms with Gasteiger partial charge in [-0.05, 0) is 46.7 Å². The maximum atomic E-state index is 13.1. The zero-order valence-corrected chi connectivity index (χ0v) is 18.3. The van der Waals surface area contributed by atoms with Gasteiger partial charge < -0.3 is 14.8 Å². The minimum atomic E-state index is -0.0852. The van der Waals surface area contributed by atoms with Gasteiger partial charge in [-0.15, -0.1) is 0 Å². The van der Waals surface area contributed by atoms with Gasteiger partial charge in [-0.3, -0.25) is 4.79 Å². The van der Waals surface area contributed by atoms with E-state index in [9.17, 15) is 4.79 Å². The average molecular weight is 442 g/mol. The van der Waals surface area contributed by atoms with Crippen molar-refractivity contribution < 1.29 is 9.42 Å². The Bertz CT molecular complexity index is 1330. The number of ketones is 1. The van der Waals surface area contributed by atoms with Crippen LogP contribution in [0.4, 0.5) is 11.5 Å². The van der Waals surface area contributed by atoms with Crippen LogP contribution in [-0.4, -0.2) is 57.5 Å². The van der Waals surface area contributed by atoms with Crippen LogP contribution in [0.1, 0.15) is 16.8 Å². The number of benzene rings is 2. The normalized spacial score (nSPS) is 11.1. The van der Waals surface area contributed by atoms with Gasteiger partial charge in [0, 0.05) is 26.2 Å². The number of imidazole rings is 1. The van der Waals surface area contributed by atoms with Crippen LogP contribution in [0.3, 0.4) is 0 Å². The molecule has 10 heteroatoms. The second-order valence-corrected chi connectivity index (χ2v) is 7.48. The standard InChI is InChI=1S/C23H22N8O2/c1-30(2)15-26-17-10-8-16(9-11-17)20(32)14-31-19-7-4-3-6-18(19)27-23(31)21-22(29-33-28-21)25-13-5-12-24/h3-4,6-11,15H,5,13-14H2,1-2H3,(H,25,29).